The van der Waals surface area contributed by atoms with E-state index < -0.39 is 17.6 Å². The maximum atomic E-state index is 12.8. The van der Waals surface area contributed by atoms with Gasteiger partial charge < -0.3 is 14.8 Å². The average molecular weight is 329 g/mol. The average Bonchev–Trinajstić information content (AvgIpc) is 3.04. The predicted molar refractivity (Wildman–Crippen MR) is 83.3 cm³/mol. The fraction of sp³-hybridized carbons (Fsp3) is 0.0625. The monoisotopic (exact) mass is 329 g/mol. The van der Waals surface area contributed by atoms with Crippen LogP contribution in [0.5, 0.6) is 11.5 Å². The Morgan fingerprint density at radius 3 is 2.58 bits per heavy atom. The SMILES string of the molecule is O=C(N/N=C\c1ccc2c(c1)OCO2)C(=O)Nc1ccc(F)cc1. The molecule has 3 rings (SSSR count). The largest absolute Gasteiger partial charge is 0.454 e. The number of carbonyl (C=O) groups is 2. The van der Waals surface area contributed by atoms with Gasteiger partial charge in [0.15, 0.2) is 11.5 Å². The van der Waals surface area contributed by atoms with E-state index in [1.165, 1.54) is 30.5 Å². The number of fused-ring (bicyclic) bond motifs is 1. The number of benzene rings is 2. The number of amides is 2. The highest BCUT2D eigenvalue weighted by molar-refractivity contribution is 6.39. The summed E-state index contributed by atoms with van der Waals surface area (Å²) in [6.45, 7) is 0.163. The van der Waals surface area contributed by atoms with Crippen molar-refractivity contribution < 1.29 is 23.5 Å². The van der Waals surface area contributed by atoms with E-state index in [1.54, 1.807) is 18.2 Å². The van der Waals surface area contributed by atoms with E-state index in [0.717, 1.165) is 0 Å². The molecule has 2 aromatic carbocycles. The Bertz CT molecular complexity index is 805. The third-order valence-electron chi connectivity index (χ3n) is 3.08. The van der Waals surface area contributed by atoms with Gasteiger partial charge in [0, 0.05) is 5.69 Å². The van der Waals surface area contributed by atoms with E-state index >= 15 is 0 Å². The summed E-state index contributed by atoms with van der Waals surface area (Å²) in [5.41, 5.74) is 3.07. The van der Waals surface area contributed by atoms with E-state index in [0.29, 0.717) is 22.7 Å². The number of rotatable bonds is 3. The van der Waals surface area contributed by atoms with Crippen LogP contribution < -0.4 is 20.2 Å². The molecule has 0 saturated heterocycles. The molecule has 1 heterocycles. The molecular formula is C16H12FN3O4. The van der Waals surface area contributed by atoms with Crippen molar-refractivity contribution in [3.8, 4) is 11.5 Å². The Labute approximate surface area is 136 Å². The first-order valence-electron chi connectivity index (χ1n) is 6.91. The topological polar surface area (TPSA) is 89.0 Å². The Kier molecular flexibility index (Phi) is 4.37. The van der Waals surface area contributed by atoms with E-state index in [-0.39, 0.29) is 6.79 Å². The highest BCUT2D eigenvalue weighted by Gasteiger charge is 2.14. The first-order chi connectivity index (χ1) is 11.6. The van der Waals surface area contributed by atoms with Crippen LogP contribution in [0.3, 0.4) is 0 Å². The van der Waals surface area contributed by atoms with Gasteiger partial charge in [-0.15, -0.1) is 0 Å². The highest BCUT2D eigenvalue weighted by Crippen LogP contribution is 2.31. The van der Waals surface area contributed by atoms with E-state index in [2.05, 4.69) is 15.8 Å². The fourth-order valence-electron chi connectivity index (χ4n) is 1.93. The second-order valence-corrected chi connectivity index (χ2v) is 4.77. The number of ether oxygens (including phenoxy) is 2. The van der Waals surface area contributed by atoms with Gasteiger partial charge >= 0.3 is 11.8 Å². The van der Waals surface area contributed by atoms with Crippen LogP contribution in [0.1, 0.15) is 5.56 Å². The Morgan fingerprint density at radius 2 is 1.79 bits per heavy atom. The third-order valence-corrected chi connectivity index (χ3v) is 3.08. The number of nitrogens with one attached hydrogen (secondary N) is 2. The summed E-state index contributed by atoms with van der Waals surface area (Å²) in [7, 11) is 0. The van der Waals surface area contributed by atoms with E-state index in [4.69, 9.17) is 9.47 Å². The van der Waals surface area contributed by atoms with Gasteiger partial charge in [-0.25, -0.2) is 9.82 Å². The van der Waals surface area contributed by atoms with Crippen LogP contribution in [-0.2, 0) is 9.59 Å². The van der Waals surface area contributed by atoms with Crippen molar-refractivity contribution in [2.45, 2.75) is 0 Å². The minimum Gasteiger partial charge on any atom is -0.454 e. The van der Waals surface area contributed by atoms with Crippen molar-refractivity contribution in [1.82, 2.24) is 5.43 Å². The van der Waals surface area contributed by atoms with Crippen LogP contribution >= 0.6 is 0 Å². The van der Waals surface area contributed by atoms with Gasteiger partial charge in [-0.2, -0.15) is 5.10 Å². The van der Waals surface area contributed by atoms with Gasteiger partial charge in [-0.1, -0.05) is 0 Å². The van der Waals surface area contributed by atoms with Crippen LogP contribution in [0.4, 0.5) is 10.1 Å². The van der Waals surface area contributed by atoms with Gasteiger partial charge in [0.1, 0.15) is 5.82 Å². The second-order valence-electron chi connectivity index (χ2n) is 4.77. The summed E-state index contributed by atoms with van der Waals surface area (Å²) in [6.07, 6.45) is 1.37. The summed E-state index contributed by atoms with van der Waals surface area (Å²) in [6, 6.07) is 10.2. The summed E-state index contributed by atoms with van der Waals surface area (Å²) in [4.78, 5) is 23.3. The summed E-state index contributed by atoms with van der Waals surface area (Å²) < 4.78 is 23.2. The van der Waals surface area contributed by atoms with Crippen LogP contribution in [0.2, 0.25) is 0 Å². The summed E-state index contributed by atoms with van der Waals surface area (Å²) >= 11 is 0. The third kappa shape index (κ3) is 3.67. The zero-order chi connectivity index (χ0) is 16.9. The number of halogens is 1. The molecule has 0 spiro atoms. The van der Waals surface area contributed by atoms with Crippen molar-refractivity contribution >= 4 is 23.7 Å². The molecule has 0 bridgehead atoms. The molecule has 7 nitrogen and oxygen atoms in total. The maximum Gasteiger partial charge on any atom is 0.329 e. The molecule has 2 N–H and O–H groups in total. The molecule has 8 heteroatoms. The Balaban J connectivity index is 1.54. The van der Waals surface area contributed by atoms with Gasteiger partial charge in [-0.3, -0.25) is 9.59 Å². The van der Waals surface area contributed by atoms with Crippen molar-refractivity contribution in [3.05, 3.63) is 53.8 Å². The minimum atomic E-state index is -0.948. The molecule has 0 fully saturated rings. The molecule has 0 aromatic heterocycles. The minimum absolute atomic E-state index is 0.163. The zero-order valence-corrected chi connectivity index (χ0v) is 12.3. The van der Waals surface area contributed by atoms with Gasteiger partial charge in [0.2, 0.25) is 6.79 Å². The molecule has 0 saturated carbocycles. The molecule has 0 unspecified atom stereocenters. The molecule has 1 aliphatic heterocycles. The first kappa shape index (κ1) is 15.5. The molecular weight excluding hydrogens is 317 g/mol. The second kappa shape index (κ2) is 6.78. The number of hydrazone groups is 1. The van der Waals surface area contributed by atoms with Crippen LogP contribution in [0, 0.1) is 5.82 Å². The molecule has 0 atom stereocenters. The van der Waals surface area contributed by atoms with Crippen molar-refractivity contribution in [2.75, 3.05) is 12.1 Å². The number of nitrogens with zero attached hydrogens (tertiary/aromatic N) is 1. The lowest BCUT2D eigenvalue weighted by atomic mass is 10.2. The van der Waals surface area contributed by atoms with Crippen molar-refractivity contribution in [2.24, 2.45) is 5.10 Å². The lowest BCUT2D eigenvalue weighted by molar-refractivity contribution is -0.136. The Hall–Kier alpha value is -3.42. The predicted octanol–water partition coefficient (Wildman–Crippen LogP) is 1.64. The van der Waals surface area contributed by atoms with Gasteiger partial charge in [0.05, 0.1) is 6.21 Å². The van der Waals surface area contributed by atoms with Gasteiger partial charge in [-0.05, 0) is 48.0 Å². The maximum absolute atomic E-state index is 12.8. The molecule has 24 heavy (non-hydrogen) atoms. The van der Waals surface area contributed by atoms with E-state index in [1.807, 2.05) is 0 Å². The molecule has 0 radical (unpaired) electrons. The van der Waals surface area contributed by atoms with Crippen LogP contribution in [0.15, 0.2) is 47.6 Å². The first-order valence-corrected chi connectivity index (χ1v) is 6.91. The number of hydrogen-bond acceptors (Lipinski definition) is 5. The number of carbonyl (C=O) groups excluding carboxylic acids is 2. The number of hydrogen-bond donors (Lipinski definition) is 2. The molecule has 2 amide bonds. The smallest absolute Gasteiger partial charge is 0.329 e. The molecule has 122 valence electrons. The standard InChI is InChI=1S/C16H12FN3O4/c17-11-2-4-12(5-3-11)19-15(21)16(22)20-18-8-10-1-6-13-14(7-10)24-9-23-13/h1-8H,9H2,(H,19,21)(H,20,22)/b18-8-. The normalized spacial score (nSPS) is 12.2. The fourth-order valence-corrected chi connectivity index (χ4v) is 1.93. The molecule has 0 aliphatic carbocycles. The van der Waals surface area contributed by atoms with Crippen molar-refractivity contribution in [3.63, 3.8) is 0 Å². The highest BCUT2D eigenvalue weighted by atomic mass is 19.1. The lowest BCUT2D eigenvalue weighted by Crippen LogP contribution is -2.32. The molecule has 2 aromatic rings. The number of anilines is 1. The van der Waals surface area contributed by atoms with Crippen LogP contribution in [-0.4, -0.2) is 24.8 Å². The van der Waals surface area contributed by atoms with Crippen LogP contribution in [0.25, 0.3) is 0 Å². The Morgan fingerprint density at radius 1 is 1.04 bits per heavy atom. The van der Waals surface area contributed by atoms with E-state index in [9.17, 15) is 14.0 Å². The van der Waals surface area contributed by atoms with Gasteiger partial charge in [0.25, 0.3) is 0 Å². The summed E-state index contributed by atoms with van der Waals surface area (Å²) in [5, 5.41) is 6.03. The molecule has 1 aliphatic rings. The lowest BCUT2D eigenvalue weighted by Gasteiger charge is -2.03. The zero-order valence-electron chi connectivity index (χ0n) is 12.3. The summed E-state index contributed by atoms with van der Waals surface area (Å²) in [5.74, 6) is -1.08. The quantitative estimate of drug-likeness (QED) is 0.509. The van der Waals surface area contributed by atoms with Crippen molar-refractivity contribution in [1.29, 1.82) is 0 Å².